The van der Waals surface area contributed by atoms with E-state index in [1.165, 1.54) is 6.07 Å². The third-order valence-corrected chi connectivity index (χ3v) is 2.85. The first-order valence-electron chi connectivity index (χ1n) is 8.12. The molecule has 0 heterocycles. The molecule has 28 heavy (non-hydrogen) atoms. The summed E-state index contributed by atoms with van der Waals surface area (Å²) >= 11 is 0. The molecule has 0 unspecified atom stereocenters. The van der Waals surface area contributed by atoms with Gasteiger partial charge >= 0.3 is 6.09 Å². The standard InChI is InChI=1S/C16H21FN6O5/c1-16(2,3)28-15(26)22-27-9-13(24)19-6-7-20-14(25)10-4-5-11(17)12(8-10)21-23-18/h4-5,8H,6-7,9H2,1-3H3,(H,19,24)(H,20,25)(H,22,26). The van der Waals surface area contributed by atoms with Crippen molar-refractivity contribution in [2.24, 2.45) is 5.11 Å². The Kier molecular flexibility index (Phi) is 8.66. The van der Waals surface area contributed by atoms with Crippen molar-refractivity contribution in [3.05, 3.63) is 40.0 Å². The molecule has 0 radical (unpaired) electrons. The van der Waals surface area contributed by atoms with Crippen molar-refractivity contribution in [3.63, 3.8) is 0 Å². The van der Waals surface area contributed by atoms with Crippen LogP contribution in [0, 0.1) is 5.82 Å². The second kappa shape index (κ2) is 10.7. The summed E-state index contributed by atoms with van der Waals surface area (Å²) in [5.41, 5.74) is 9.42. The number of nitrogens with zero attached hydrogens (tertiary/aromatic N) is 3. The predicted octanol–water partition coefficient (Wildman–Crippen LogP) is 2.07. The van der Waals surface area contributed by atoms with Crippen LogP contribution in [-0.2, 0) is 14.4 Å². The van der Waals surface area contributed by atoms with E-state index in [0.29, 0.717) is 0 Å². The van der Waals surface area contributed by atoms with Gasteiger partial charge in [0.1, 0.15) is 11.4 Å². The van der Waals surface area contributed by atoms with Gasteiger partial charge in [0.2, 0.25) is 5.91 Å². The molecule has 0 aliphatic heterocycles. The molecule has 1 aromatic rings. The maximum absolute atomic E-state index is 13.4. The van der Waals surface area contributed by atoms with Gasteiger partial charge in [-0.15, -0.1) is 0 Å². The van der Waals surface area contributed by atoms with Crippen LogP contribution in [0.15, 0.2) is 23.3 Å². The number of carbonyl (C=O) groups excluding carboxylic acids is 3. The molecule has 0 saturated carbocycles. The number of carbonyl (C=O) groups is 3. The van der Waals surface area contributed by atoms with Gasteiger partial charge in [0.05, 0.1) is 5.69 Å². The summed E-state index contributed by atoms with van der Waals surface area (Å²) in [6, 6.07) is 3.35. The number of halogens is 1. The van der Waals surface area contributed by atoms with Gasteiger partial charge in [-0.3, -0.25) is 14.4 Å². The van der Waals surface area contributed by atoms with Crippen LogP contribution in [0.2, 0.25) is 0 Å². The lowest BCUT2D eigenvalue weighted by Gasteiger charge is -2.19. The van der Waals surface area contributed by atoms with Crippen molar-refractivity contribution in [2.45, 2.75) is 26.4 Å². The number of ether oxygens (including phenoxy) is 1. The average Bonchev–Trinajstić information content (AvgIpc) is 2.59. The highest BCUT2D eigenvalue weighted by molar-refractivity contribution is 5.95. The van der Waals surface area contributed by atoms with Crippen molar-refractivity contribution >= 4 is 23.6 Å². The summed E-state index contributed by atoms with van der Waals surface area (Å²) in [5.74, 6) is -1.81. The Morgan fingerprint density at radius 1 is 1.21 bits per heavy atom. The largest absolute Gasteiger partial charge is 0.442 e. The van der Waals surface area contributed by atoms with Gasteiger partial charge in [0, 0.05) is 23.6 Å². The number of hydrogen-bond donors (Lipinski definition) is 3. The van der Waals surface area contributed by atoms with E-state index in [-0.39, 0.29) is 24.3 Å². The third-order valence-electron chi connectivity index (χ3n) is 2.85. The Balaban J connectivity index is 2.28. The van der Waals surface area contributed by atoms with Crippen LogP contribution in [0.4, 0.5) is 14.9 Å². The molecule has 1 rings (SSSR count). The van der Waals surface area contributed by atoms with E-state index in [1.54, 1.807) is 20.8 Å². The maximum Gasteiger partial charge on any atom is 0.431 e. The van der Waals surface area contributed by atoms with E-state index in [9.17, 15) is 18.8 Å². The summed E-state index contributed by atoms with van der Waals surface area (Å²) in [4.78, 5) is 42.0. The molecule has 152 valence electrons. The van der Waals surface area contributed by atoms with Crippen LogP contribution in [0.25, 0.3) is 10.4 Å². The number of nitrogens with one attached hydrogen (secondary N) is 3. The number of benzene rings is 1. The van der Waals surface area contributed by atoms with E-state index in [2.05, 4.69) is 20.7 Å². The lowest BCUT2D eigenvalue weighted by molar-refractivity contribution is -0.128. The van der Waals surface area contributed by atoms with Gasteiger partial charge in [-0.2, -0.15) is 5.48 Å². The number of hydrogen-bond acceptors (Lipinski definition) is 6. The second-order valence-corrected chi connectivity index (χ2v) is 6.35. The smallest absolute Gasteiger partial charge is 0.431 e. The van der Waals surface area contributed by atoms with Crippen molar-refractivity contribution in [2.75, 3.05) is 19.7 Å². The van der Waals surface area contributed by atoms with Gasteiger partial charge in [0.15, 0.2) is 6.61 Å². The first kappa shape index (κ1) is 22.7. The first-order valence-corrected chi connectivity index (χ1v) is 8.12. The zero-order valence-corrected chi connectivity index (χ0v) is 15.6. The number of azide groups is 1. The third kappa shape index (κ3) is 8.83. The van der Waals surface area contributed by atoms with Gasteiger partial charge in [-0.05, 0) is 44.5 Å². The number of amides is 3. The van der Waals surface area contributed by atoms with Gasteiger partial charge in [0.25, 0.3) is 5.91 Å². The van der Waals surface area contributed by atoms with Crippen molar-refractivity contribution in [1.82, 2.24) is 16.1 Å². The lowest BCUT2D eigenvalue weighted by atomic mass is 10.2. The summed E-state index contributed by atoms with van der Waals surface area (Å²) < 4.78 is 18.3. The summed E-state index contributed by atoms with van der Waals surface area (Å²) in [6.45, 7) is 4.76. The van der Waals surface area contributed by atoms with Crippen LogP contribution < -0.4 is 16.1 Å². The fraction of sp³-hybridized carbons (Fsp3) is 0.438. The molecule has 0 bridgehead atoms. The molecular formula is C16H21FN6O5. The minimum atomic E-state index is -0.827. The van der Waals surface area contributed by atoms with Gasteiger partial charge in [-0.25, -0.2) is 9.18 Å². The highest BCUT2D eigenvalue weighted by Crippen LogP contribution is 2.19. The fourth-order valence-corrected chi connectivity index (χ4v) is 1.77. The van der Waals surface area contributed by atoms with Crippen molar-refractivity contribution in [3.8, 4) is 0 Å². The fourth-order valence-electron chi connectivity index (χ4n) is 1.77. The van der Waals surface area contributed by atoms with Gasteiger partial charge in [-0.1, -0.05) is 5.11 Å². The maximum atomic E-state index is 13.4. The first-order chi connectivity index (χ1) is 13.1. The Morgan fingerprint density at radius 2 is 1.89 bits per heavy atom. The van der Waals surface area contributed by atoms with Crippen molar-refractivity contribution < 1.29 is 28.3 Å². The number of rotatable bonds is 8. The molecular weight excluding hydrogens is 375 g/mol. The Bertz CT molecular complexity index is 773. The molecule has 0 aromatic heterocycles. The second-order valence-electron chi connectivity index (χ2n) is 6.35. The number of hydroxylamine groups is 1. The van der Waals surface area contributed by atoms with Crippen LogP contribution in [-0.4, -0.2) is 43.2 Å². The molecule has 0 atom stereocenters. The van der Waals surface area contributed by atoms with Crippen LogP contribution in [0.3, 0.4) is 0 Å². The quantitative estimate of drug-likeness (QED) is 0.202. The van der Waals surface area contributed by atoms with Crippen LogP contribution >= 0.6 is 0 Å². The summed E-state index contributed by atoms with van der Waals surface area (Å²) in [5, 5.41) is 8.10. The minimum absolute atomic E-state index is 0.0816. The summed E-state index contributed by atoms with van der Waals surface area (Å²) in [6.07, 6.45) is -0.827. The minimum Gasteiger partial charge on any atom is -0.442 e. The summed E-state index contributed by atoms with van der Waals surface area (Å²) in [7, 11) is 0. The normalized spacial score (nSPS) is 10.4. The molecule has 11 nitrogen and oxygen atoms in total. The van der Waals surface area contributed by atoms with E-state index in [0.717, 1.165) is 12.1 Å². The zero-order valence-electron chi connectivity index (χ0n) is 15.6. The Morgan fingerprint density at radius 3 is 2.54 bits per heavy atom. The lowest BCUT2D eigenvalue weighted by Crippen LogP contribution is -2.39. The van der Waals surface area contributed by atoms with Gasteiger partial charge < -0.3 is 15.4 Å². The molecule has 0 aliphatic carbocycles. The SMILES string of the molecule is CC(C)(C)OC(=O)NOCC(=O)NCCNC(=O)c1ccc(F)c(N=[N+]=[N-])c1. The van der Waals surface area contributed by atoms with E-state index in [1.807, 2.05) is 5.48 Å². The van der Waals surface area contributed by atoms with E-state index < -0.39 is 35.9 Å². The Hall–Kier alpha value is -3.37. The predicted molar refractivity (Wildman–Crippen MR) is 95.9 cm³/mol. The molecule has 0 fully saturated rings. The molecule has 3 amide bonds. The molecule has 3 N–H and O–H groups in total. The topological polar surface area (TPSA) is 155 Å². The average molecular weight is 396 g/mol. The molecule has 1 aromatic carbocycles. The molecule has 0 saturated heterocycles. The van der Waals surface area contributed by atoms with Crippen molar-refractivity contribution in [1.29, 1.82) is 0 Å². The highest BCUT2D eigenvalue weighted by Gasteiger charge is 2.16. The molecule has 12 heteroatoms. The highest BCUT2D eigenvalue weighted by atomic mass is 19.1. The molecule has 0 aliphatic rings. The Labute approximate surface area is 160 Å². The van der Waals surface area contributed by atoms with Crippen LogP contribution in [0.1, 0.15) is 31.1 Å². The molecule has 0 spiro atoms. The van der Waals surface area contributed by atoms with Crippen LogP contribution in [0.5, 0.6) is 0 Å². The van der Waals surface area contributed by atoms with E-state index >= 15 is 0 Å². The zero-order chi connectivity index (χ0) is 21.2. The van der Waals surface area contributed by atoms with E-state index in [4.69, 9.17) is 15.1 Å². The monoisotopic (exact) mass is 396 g/mol.